The van der Waals surface area contributed by atoms with E-state index < -0.39 is 6.10 Å². The van der Waals surface area contributed by atoms with Crippen molar-refractivity contribution < 1.29 is 5.11 Å². The van der Waals surface area contributed by atoms with E-state index in [1.807, 2.05) is 36.4 Å². The van der Waals surface area contributed by atoms with Crippen molar-refractivity contribution in [3.63, 3.8) is 0 Å². The molecule has 3 heteroatoms. The Morgan fingerprint density at radius 1 is 1.18 bits per heavy atom. The Morgan fingerprint density at radius 3 is 2.59 bits per heavy atom. The second-order valence-corrected chi connectivity index (χ2v) is 5.05. The molecule has 1 heterocycles. The van der Waals surface area contributed by atoms with Crippen molar-refractivity contribution in [3.05, 3.63) is 58.3 Å². The highest BCUT2D eigenvalue weighted by molar-refractivity contribution is 7.10. The van der Waals surface area contributed by atoms with Crippen LogP contribution in [-0.2, 0) is 0 Å². The third kappa shape index (κ3) is 3.40. The molecule has 17 heavy (non-hydrogen) atoms. The van der Waals surface area contributed by atoms with Crippen LogP contribution in [0.5, 0.6) is 0 Å². The summed E-state index contributed by atoms with van der Waals surface area (Å²) in [6, 6.07) is 14.2. The number of rotatable bonds is 5. The van der Waals surface area contributed by atoms with Crippen molar-refractivity contribution in [2.45, 2.75) is 19.1 Å². The molecular weight excluding hydrogens is 230 g/mol. The van der Waals surface area contributed by atoms with E-state index in [-0.39, 0.29) is 6.04 Å². The van der Waals surface area contributed by atoms with Crippen LogP contribution in [0.4, 0.5) is 0 Å². The normalized spacial score (nSPS) is 14.5. The van der Waals surface area contributed by atoms with Crippen LogP contribution < -0.4 is 5.32 Å². The molecule has 0 amide bonds. The Labute approximate surface area is 106 Å². The average Bonchev–Trinajstić information content (AvgIpc) is 2.90. The van der Waals surface area contributed by atoms with Gasteiger partial charge in [-0.3, -0.25) is 0 Å². The van der Waals surface area contributed by atoms with E-state index in [9.17, 15) is 5.11 Å². The maximum Gasteiger partial charge on any atom is 0.0914 e. The lowest BCUT2D eigenvalue weighted by Gasteiger charge is -2.16. The predicted molar refractivity (Wildman–Crippen MR) is 72.1 cm³/mol. The molecule has 0 aliphatic carbocycles. The molecule has 1 aromatic carbocycles. The third-order valence-electron chi connectivity index (χ3n) is 2.77. The Balaban J connectivity index is 1.86. The lowest BCUT2D eigenvalue weighted by molar-refractivity contribution is 0.171. The van der Waals surface area contributed by atoms with Crippen LogP contribution in [0.2, 0.25) is 0 Å². The number of benzene rings is 1. The Kier molecular flexibility index (Phi) is 4.31. The summed E-state index contributed by atoms with van der Waals surface area (Å²) in [4.78, 5) is 1.30. The molecule has 2 atom stereocenters. The SMILES string of the molecule is CC(NCC(O)c1ccccc1)c1cccs1. The quantitative estimate of drug-likeness (QED) is 0.850. The topological polar surface area (TPSA) is 32.3 Å². The monoisotopic (exact) mass is 247 g/mol. The zero-order chi connectivity index (χ0) is 12.1. The summed E-state index contributed by atoms with van der Waals surface area (Å²) in [5, 5.41) is 15.4. The third-order valence-corrected chi connectivity index (χ3v) is 3.83. The van der Waals surface area contributed by atoms with Gasteiger partial charge in [0.2, 0.25) is 0 Å². The minimum absolute atomic E-state index is 0.286. The highest BCUT2D eigenvalue weighted by Gasteiger charge is 2.10. The molecule has 0 spiro atoms. The van der Waals surface area contributed by atoms with E-state index in [0.29, 0.717) is 6.54 Å². The standard InChI is InChI=1S/C14H17NOS/c1-11(14-8-5-9-17-14)15-10-13(16)12-6-3-2-4-7-12/h2-9,11,13,15-16H,10H2,1H3. The second-order valence-electron chi connectivity index (χ2n) is 4.07. The fourth-order valence-corrected chi connectivity index (χ4v) is 2.48. The molecule has 90 valence electrons. The number of hydrogen-bond acceptors (Lipinski definition) is 3. The molecule has 0 bridgehead atoms. The van der Waals surface area contributed by atoms with Crippen LogP contribution in [0.25, 0.3) is 0 Å². The fraction of sp³-hybridized carbons (Fsp3) is 0.286. The molecule has 0 saturated carbocycles. The van der Waals surface area contributed by atoms with Gasteiger partial charge in [-0.1, -0.05) is 36.4 Å². The lowest BCUT2D eigenvalue weighted by Crippen LogP contribution is -2.24. The summed E-state index contributed by atoms with van der Waals surface area (Å²) in [7, 11) is 0. The molecule has 2 nitrogen and oxygen atoms in total. The Morgan fingerprint density at radius 2 is 1.94 bits per heavy atom. The highest BCUT2D eigenvalue weighted by Crippen LogP contribution is 2.19. The van der Waals surface area contributed by atoms with Crippen molar-refractivity contribution in [1.82, 2.24) is 5.32 Å². The van der Waals surface area contributed by atoms with Gasteiger partial charge in [-0.2, -0.15) is 0 Å². The first-order chi connectivity index (χ1) is 8.27. The van der Waals surface area contributed by atoms with Gasteiger partial charge >= 0.3 is 0 Å². The minimum Gasteiger partial charge on any atom is -0.387 e. The van der Waals surface area contributed by atoms with Gasteiger partial charge in [0.05, 0.1) is 6.10 Å². The fourth-order valence-electron chi connectivity index (χ4n) is 1.72. The van der Waals surface area contributed by atoms with E-state index in [2.05, 4.69) is 23.7 Å². The van der Waals surface area contributed by atoms with Gasteiger partial charge in [-0.05, 0) is 23.9 Å². The molecule has 2 rings (SSSR count). The van der Waals surface area contributed by atoms with Gasteiger partial charge in [-0.15, -0.1) is 11.3 Å². The summed E-state index contributed by atoms with van der Waals surface area (Å²) in [5.74, 6) is 0. The first-order valence-corrected chi connectivity index (χ1v) is 6.65. The first-order valence-electron chi connectivity index (χ1n) is 5.77. The van der Waals surface area contributed by atoms with Crippen LogP contribution in [0.1, 0.15) is 29.5 Å². The smallest absolute Gasteiger partial charge is 0.0914 e. The van der Waals surface area contributed by atoms with Gasteiger partial charge < -0.3 is 10.4 Å². The van der Waals surface area contributed by atoms with Crippen molar-refractivity contribution in [2.75, 3.05) is 6.54 Å². The van der Waals surface area contributed by atoms with E-state index in [1.165, 1.54) is 4.88 Å². The second kappa shape index (κ2) is 5.96. The van der Waals surface area contributed by atoms with E-state index in [0.717, 1.165) is 5.56 Å². The Hall–Kier alpha value is -1.16. The minimum atomic E-state index is -0.446. The summed E-state index contributed by atoms with van der Waals surface area (Å²) < 4.78 is 0. The largest absolute Gasteiger partial charge is 0.387 e. The van der Waals surface area contributed by atoms with Crippen molar-refractivity contribution >= 4 is 11.3 Å². The summed E-state index contributed by atoms with van der Waals surface area (Å²) in [6.07, 6.45) is -0.446. The molecule has 2 N–H and O–H groups in total. The average molecular weight is 247 g/mol. The lowest BCUT2D eigenvalue weighted by atomic mass is 10.1. The van der Waals surface area contributed by atoms with Crippen LogP contribution in [-0.4, -0.2) is 11.7 Å². The van der Waals surface area contributed by atoms with Crippen LogP contribution in [0.15, 0.2) is 47.8 Å². The molecule has 0 aliphatic rings. The van der Waals surface area contributed by atoms with Crippen LogP contribution >= 0.6 is 11.3 Å². The van der Waals surface area contributed by atoms with Gasteiger partial charge in [0.15, 0.2) is 0 Å². The molecular formula is C14H17NOS. The molecule has 0 aliphatic heterocycles. The number of thiophene rings is 1. The summed E-state index contributed by atoms with van der Waals surface area (Å²) in [6.45, 7) is 2.69. The van der Waals surface area contributed by atoms with Gasteiger partial charge in [0.1, 0.15) is 0 Å². The van der Waals surface area contributed by atoms with Crippen molar-refractivity contribution in [3.8, 4) is 0 Å². The zero-order valence-electron chi connectivity index (χ0n) is 9.84. The predicted octanol–water partition coefficient (Wildman–Crippen LogP) is 3.13. The maximum atomic E-state index is 10.0. The molecule has 0 fully saturated rings. The molecule has 2 unspecified atom stereocenters. The molecule has 1 aromatic heterocycles. The number of nitrogens with one attached hydrogen (secondary N) is 1. The number of aliphatic hydroxyl groups excluding tert-OH is 1. The van der Waals surface area contributed by atoms with E-state index in [4.69, 9.17) is 0 Å². The van der Waals surface area contributed by atoms with Crippen molar-refractivity contribution in [2.24, 2.45) is 0 Å². The zero-order valence-corrected chi connectivity index (χ0v) is 10.7. The first kappa shape index (κ1) is 12.3. The van der Waals surface area contributed by atoms with Crippen LogP contribution in [0.3, 0.4) is 0 Å². The molecule has 0 saturated heterocycles. The van der Waals surface area contributed by atoms with Crippen LogP contribution in [0, 0.1) is 0 Å². The van der Waals surface area contributed by atoms with Gasteiger partial charge in [0.25, 0.3) is 0 Å². The maximum absolute atomic E-state index is 10.0. The number of hydrogen-bond donors (Lipinski definition) is 2. The molecule has 2 aromatic rings. The Bertz CT molecular complexity index is 427. The summed E-state index contributed by atoms with van der Waals surface area (Å²) in [5.41, 5.74) is 0.957. The van der Waals surface area contributed by atoms with E-state index in [1.54, 1.807) is 11.3 Å². The van der Waals surface area contributed by atoms with Gasteiger partial charge in [-0.25, -0.2) is 0 Å². The van der Waals surface area contributed by atoms with E-state index >= 15 is 0 Å². The summed E-state index contributed by atoms with van der Waals surface area (Å²) >= 11 is 1.73. The van der Waals surface area contributed by atoms with Crippen molar-refractivity contribution in [1.29, 1.82) is 0 Å². The number of aliphatic hydroxyl groups is 1. The molecule has 0 radical (unpaired) electrons. The van der Waals surface area contributed by atoms with Gasteiger partial charge in [0, 0.05) is 17.5 Å². The highest BCUT2D eigenvalue weighted by atomic mass is 32.1.